The first kappa shape index (κ1) is 18.7. The van der Waals surface area contributed by atoms with E-state index in [1.807, 2.05) is 86.6 Å². The van der Waals surface area contributed by atoms with Gasteiger partial charge in [-0.05, 0) is 42.7 Å². The van der Waals surface area contributed by atoms with Gasteiger partial charge in [0.2, 0.25) is 0 Å². The molecule has 0 aliphatic carbocycles. The Morgan fingerprint density at radius 2 is 1.37 bits per heavy atom. The highest BCUT2D eigenvalue weighted by Crippen LogP contribution is 2.22. The van der Waals surface area contributed by atoms with E-state index in [-0.39, 0.29) is 5.91 Å². The Labute approximate surface area is 160 Å². The lowest BCUT2D eigenvalue weighted by Crippen LogP contribution is -2.47. The molecular weight excluding hydrogens is 336 g/mol. The summed E-state index contributed by atoms with van der Waals surface area (Å²) in [6.45, 7) is 3.97. The molecule has 4 heteroatoms. The minimum absolute atomic E-state index is 0.231. The summed E-state index contributed by atoms with van der Waals surface area (Å²) in [7, 11) is 0. The normalized spacial score (nSPS) is 11.0. The van der Waals surface area contributed by atoms with Gasteiger partial charge in [-0.25, -0.2) is 5.48 Å². The van der Waals surface area contributed by atoms with Crippen molar-refractivity contribution in [1.29, 1.82) is 0 Å². The quantitative estimate of drug-likeness (QED) is 0.596. The Hall–Kier alpha value is -3.11. The molecule has 0 heterocycles. The third kappa shape index (κ3) is 5.19. The number of rotatable bonds is 7. The summed E-state index contributed by atoms with van der Waals surface area (Å²) in [5.74, 6) is -0.231. The maximum absolute atomic E-state index is 12.4. The Bertz CT molecular complexity index is 860. The van der Waals surface area contributed by atoms with Gasteiger partial charge in [-0.3, -0.25) is 9.63 Å². The van der Waals surface area contributed by atoms with Crippen molar-refractivity contribution in [1.82, 2.24) is 5.48 Å². The van der Waals surface area contributed by atoms with Gasteiger partial charge in [-0.15, -0.1) is 0 Å². The molecule has 138 valence electrons. The maximum atomic E-state index is 12.4. The average molecular weight is 360 g/mol. The number of amides is 1. The smallest absolute Gasteiger partial charge is 0.268 e. The van der Waals surface area contributed by atoms with E-state index in [4.69, 9.17) is 4.84 Å². The van der Waals surface area contributed by atoms with E-state index in [2.05, 4.69) is 22.9 Å². The molecule has 0 aliphatic heterocycles. The molecule has 0 saturated carbocycles. The van der Waals surface area contributed by atoms with Crippen molar-refractivity contribution >= 4 is 11.6 Å². The first-order valence-corrected chi connectivity index (χ1v) is 8.94. The molecule has 3 aromatic rings. The van der Waals surface area contributed by atoms with Crippen molar-refractivity contribution in [2.24, 2.45) is 0 Å². The monoisotopic (exact) mass is 360 g/mol. The molecule has 3 rings (SSSR count). The second kappa shape index (κ2) is 8.52. The van der Waals surface area contributed by atoms with Gasteiger partial charge in [0.05, 0.1) is 6.61 Å². The van der Waals surface area contributed by atoms with Gasteiger partial charge in [0, 0.05) is 5.69 Å². The minimum Gasteiger partial charge on any atom is -0.372 e. The zero-order chi connectivity index (χ0) is 19.1. The summed E-state index contributed by atoms with van der Waals surface area (Å²) < 4.78 is 0. The SMILES string of the molecule is CC(C)(Nc1ccc(-c2ccccc2)cc1)C(=O)NOCc1ccccc1. The minimum atomic E-state index is -0.815. The summed E-state index contributed by atoms with van der Waals surface area (Å²) in [5, 5.41) is 3.25. The van der Waals surface area contributed by atoms with Crippen molar-refractivity contribution in [3.05, 3.63) is 90.5 Å². The predicted molar refractivity (Wildman–Crippen MR) is 109 cm³/mol. The summed E-state index contributed by atoms with van der Waals surface area (Å²) in [6, 6.07) is 27.9. The first-order chi connectivity index (χ1) is 13.0. The molecule has 0 aromatic heterocycles. The lowest BCUT2D eigenvalue weighted by atomic mass is 10.0. The highest BCUT2D eigenvalue weighted by Gasteiger charge is 2.27. The second-order valence-corrected chi connectivity index (χ2v) is 6.90. The number of hydrogen-bond donors (Lipinski definition) is 2. The number of hydroxylamine groups is 1. The number of carbonyl (C=O) groups is 1. The van der Waals surface area contributed by atoms with Crippen LogP contribution < -0.4 is 10.8 Å². The molecule has 0 fully saturated rings. The fourth-order valence-electron chi connectivity index (χ4n) is 2.68. The van der Waals surface area contributed by atoms with Crippen molar-refractivity contribution in [3.8, 4) is 11.1 Å². The van der Waals surface area contributed by atoms with Crippen LogP contribution in [0.5, 0.6) is 0 Å². The van der Waals surface area contributed by atoms with Gasteiger partial charge in [-0.1, -0.05) is 72.8 Å². The standard InChI is InChI=1S/C23H24N2O2/c1-23(2,22(26)25-27-17-18-9-5-3-6-10-18)24-21-15-13-20(14-16-21)19-11-7-4-8-12-19/h3-16,24H,17H2,1-2H3,(H,25,26). The van der Waals surface area contributed by atoms with Gasteiger partial charge in [-0.2, -0.15) is 0 Å². The highest BCUT2D eigenvalue weighted by atomic mass is 16.6. The van der Waals surface area contributed by atoms with Crippen molar-refractivity contribution in [2.45, 2.75) is 26.0 Å². The van der Waals surface area contributed by atoms with E-state index >= 15 is 0 Å². The fourth-order valence-corrected chi connectivity index (χ4v) is 2.68. The molecule has 2 N–H and O–H groups in total. The Kier molecular flexibility index (Phi) is 5.89. The van der Waals surface area contributed by atoms with E-state index in [0.717, 1.165) is 22.4 Å². The molecular formula is C23H24N2O2. The third-order valence-electron chi connectivity index (χ3n) is 4.26. The molecule has 1 amide bonds. The largest absolute Gasteiger partial charge is 0.372 e. The van der Waals surface area contributed by atoms with Crippen LogP contribution in [0.15, 0.2) is 84.9 Å². The number of nitrogens with one attached hydrogen (secondary N) is 2. The van der Waals surface area contributed by atoms with E-state index in [1.54, 1.807) is 0 Å². The van der Waals surface area contributed by atoms with Gasteiger partial charge in [0.1, 0.15) is 5.54 Å². The molecule has 0 radical (unpaired) electrons. The van der Waals surface area contributed by atoms with Gasteiger partial charge in [0.25, 0.3) is 5.91 Å². The summed E-state index contributed by atoms with van der Waals surface area (Å²) in [4.78, 5) is 17.8. The Morgan fingerprint density at radius 3 is 2.00 bits per heavy atom. The summed E-state index contributed by atoms with van der Waals surface area (Å²) in [6.07, 6.45) is 0. The molecule has 0 bridgehead atoms. The first-order valence-electron chi connectivity index (χ1n) is 8.94. The van der Waals surface area contributed by atoms with E-state index in [0.29, 0.717) is 6.61 Å². The lowest BCUT2D eigenvalue weighted by molar-refractivity contribution is -0.138. The Balaban J connectivity index is 1.56. The van der Waals surface area contributed by atoms with Crippen LogP contribution in [0.2, 0.25) is 0 Å². The van der Waals surface area contributed by atoms with Crippen LogP contribution in [0.25, 0.3) is 11.1 Å². The lowest BCUT2D eigenvalue weighted by Gasteiger charge is -2.26. The van der Waals surface area contributed by atoms with Crippen LogP contribution in [-0.4, -0.2) is 11.4 Å². The molecule has 0 saturated heterocycles. The zero-order valence-corrected chi connectivity index (χ0v) is 15.6. The predicted octanol–water partition coefficient (Wildman–Crippen LogP) is 4.79. The summed E-state index contributed by atoms with van der Waals surface area (Å²) in [5.41, 5.74) is 5.88. The van der Waals surface area contributed by atoms with Crippen LogP contribution in [0.1, 0.15) is 19.4 Å². The second-order valence-electron chi connectivity index (χ2n) is 6.90. The third-order valence-corrected chi connectivity index (χ3v) is 4.26. The molecule has 27 heavy (non-hydrogen) atoms. The zero-order valence-electron chi connectivity index (χ0n) is 15.6. The van der Waals surface area contributed by atoms with E-state index in [9.17, 15) is 4.79 Å². The van der Waals surface area contributed by atoms with E-state index in [1.165, 1.54) is 0 Å². The van der Waals surface area contributed by atoms with Crippen LogP contribution in [0, 0.1) is 0 Å². The van der Waals surface area contributed by atoms with E-state index < -0.39 is 5.54 Å². The van der Waals surface area contributed by atoms with Gasteiger partial charge < -0.3 is 5.32 Å². The number of carbonyl (C=O) groups excluding carboxylic acids is 1. The van der Waals surface area contributed by atoms with Crippen molar-refractivity contribution < 1.29 is 9.63 Å². The highest BCUT2D eigenvalue weighted by molar-refractivity contribution is 5.87. The van der Waals surface area contributed by atoms with Gasteiger partial charge in [0.15, 0.2) is 0 Å². The number of anilines is 1. The van der Waals surface area contributed by atoms with Crippen molar-refractivity contribution in [2.75, 3.05) is 5.32 Å². The summed E-state index contributed by atoms with van der Waals surface area (Å²) >= 11 is 0. The fraction of sp³-hybridized carbons (Fsp3) is 0.174. The maximum Gasteiger partial charge on any atom is 0.268 e. The van der Waals surface area contributed by atoms with Gasteiger partial charge >= 0.3 is 0 Å². The molecule has 0 unspecified atom stereocenters. The molecule has 3 aromatic carbocycles. The molecule has 0 spiro atoms. The van der Waals surface area contributed by atoms with Crippen LogP contribution in [-0.2, 0) is 16.2 Å². The van der Waals surface area contributed by atoms with Crippen LogP contribution >= 0.6 is 0 Å². The van der Waals surface area contributed by atoms with Crippen molar-refractivity contribution in [3.63, 3.8) is 0 Å². The van der Waals surface area contributed by atoms with Crippen LogP contribution in [0.3, 0.4) is 0 Å². The Morgan fingerprint density at radius 1 is 0.815 bits per heavy atom. The topological polar surface area (TPSA) is 50.4 Å². The molecule has 4 nitrogen and oxygen atoms in total. The van der Waals surface area contributed by atoms with Crippen LogP contribution in [0.4, 0.5) is 5.69 Å². The molecule has 0 atom stereocenters. The number of benzene rings is 3. The average Bonchev–Trinajstić information content (AvgIpc) is 2.70. The number of hydrogen-bond acceptors (Lipinski definition) is 3. The molecule has 0 aliphatic rings.